The molecular formula is C10H13N5O2S. The number of hydrogen-bond donors (Lipinski definition) is 3. The van der Waals surface area contributed by atoms with Gasteiger partial charge in [-0.25, -0.2) is 23.1 Å². The van der Waals surface area contributed by atoms with Crippen LogP contribution in [0.3, 0.4) is 0 Å². The van der Waals surface area contributed by atoms with Gasteiger partial charge in [0.1, 0.15) is 0 Å². The summed E-state index contributed by atoms with van der Waals surface area (Å²) in [4.78, 5) is 7.67. The van der Waals surface area contributed by atoms with Crippen molar-refractivity contribution >= 4 is 21.7 Å². The zero-order valence-electron chi connectivity index (χ0n) is 9.45. The Morgan fingerprint density at radius 2 is 1.61 bits per heavy atom. The van der Waals surface area contributed by atoms with Crippen molar-refractivity contribution in [2.24, 2.45) is 0 Å². The summed E-state index contributed by atoms with van der Waals surface area (Å²) in [6, 6.07) is 7.46. The van der Waals surface area contributed by atoms with E-state index in [0.29, 0.717) is 5.69 Å². The van der Waals surface area contributed by atoms with Gasteiger partial charge in [-0.3, -0.25) is 0 Å². The van der Waals surface area contributed by atoms with Gasteiger partial charge in [0, 0.05) is 18.1 Å². The second-order valence-electron chi connectivity index (χ2n) is 3.25. The summed E-state index contributed by atoms with van der Waals surface area (Å²) in [6.07, 6.45) is 2.90. The van der Waals surface area contributed by atoms with Crippen molar-refractivity contribution < 1.29 is 8.42 Å². The van der Waals surface area contributed by atoms with Crippen LogP contribution >= 0.6 is 0 Å². The molecule has 1 aromatic heterocycles. The van der Waals surface area contributed by atoms with Crippen LogP contribution in [0.4, 0.5) is 11.6 Å². The lowest BCUT2D eigenvalue weighted by atomic mass is 10.3. The highest BCUT2D eigenvalue weighted by Gasteiger charge is 2.14. The highest BCUT2D eigenvalue weighted by molar-refractivity contribution is 7.92. The number of sulfonamides is 1. The molecular weight excluding hydrogens is 254 g/mol. The van der Waals surface area contributed by atoms with Crippen molar-refractivity contribution in [2.75, 3.05) is 10.5 Å². The quantitative estimate of drug-likeness (QED) is 0.711. The van der Waals surface area contributed by atoms with E-state index in [9.17, 15) is 8.42 Å². The van der Waals surface area contributed by atoms with Gasteiger partial charge in [-0.2, -0.15) is 0 Å². The zero-order valence-corrected chi connectivity index (χ0v) is 10.3. The fourth-order valence-corrected chi connectivity index (χ4v) is 2.14. The molecule has 2 aromatic rings. The van der Waals surface area contributed by atoms with Crippen molar-refractivity contribution in [3.8, 4) is 0 Å². The number of hydrogen-bond acceptors (Lipinski definition) is 6. The van der Waals surface area contributed by atoms with Gasteiger partial charge in [0.2, 0.25) is 5.95 Å². The fourth-order valence-electron chi connectivity index (χ4n) is 1.18. The van der Waals surface area contributed by atoms with E-state index in [1.165, 1.54) is 36.7 Å². The number of anilines is 2. The minimum Gasteiger partial charge on any atom is -0.399 e. The molecule has 1 aromatic carbocycles. The Morgan fingerprint density at radius 1 is 1.06 bits per heavy atom. The van der Waals surface area contributed by atoms with Crippen LogP contribution in [0, 0.1) is 0 Å². The fraction of sp³-hybridized carbons (Fsp3) is 0. The van der Waals surface area contributed by atoms with E-state index in [-0.39, 0.29) is 17.0 Å². The predicted octanol–water partition coefficient (Wildman–Crippen LogP) is 1.02. The first-order valence-corrected chi connectivity index (χ1v) is 6.22. The Balaban J connectivity index is 0.00000162. The molecule has 2 rings (SSSR count). The van der Waals surface area contributed by atoms with E-state index >= 15 is 0 Å². The Morgan fingerprint density at radius 3 is 2.17 bits per heavy atom. The lowest BCUT2D eigenvalue weighted by molar-refractivity contribution is 0.601. The first-order valence-electron chi connectivity index (χ1n) is 4.73. The maximum Gasteiger partial charge on any atom is 0.264 e. The van der Waals surface area contributed by atoms with Crippen LogP contribution in [0.15, 0.2) is 47.6 Å². The molecule has 18 heavy (non-hydrogen) atoms. The molecule has 0 radical (unpaired) electrons. The molecule has 0 saturated carbocycles. The number of nitrogens with one attached hydrogen (secondary N) is 1. The summed E-state index contributed by atoms with van der Waals surface area (Å²) in [5, 5.41) is 0. The molecule has 0 fully saturated rings. The van der Waals surface area contributed by atoms with Gasteiger partial charge in [-0.05, 0) is 30.3 Å². The van der Waals surface area contributed by atoms with Crippen molar-refractivity contribution in [3.05, 3.63) is 42.7 Å². The van der Waals surface area contributed by atoms with Gasteiger partial charge in [0.25, 0.3) is 10.0 Å². The topological polar surface area (TPSA) is 133 Å². The highest BCUT2D eigenvalue weighted by atomic mass is 32.2. The third-order valence-corrected chi connectivity index (χ3v) is 3.33. The number of nitrogens with two attached hydrogens (primary N) is 1. The molecule has 0 atom stereocenters. The summed E-state index contributed by atoms with van der Waals surface area (Å²) in [5.74, 6) is 0.0318. The standard InChI is InChI=1S/C10H10N4O2S.H3N/c11-8-2-4-9(5-3-8)17(15,16)14-10-12-6-1-7-13-10;/h1-7H,11H2,(H,12,13,14);1H3. The Bertz CT molecular complexity index is 598. The zero-order chi connectivity index (χ0) is 12.3. The van der Waals surface area contributed by atoms with E-state index in [1.54, 1.807) is 6.07 Å². The largest absolute Gasteiger partial charge is 0.399 e. The monoisotopic (exact) mass is 267 g/mol. The lowest BCUT2D eigenvalue weighted by Gasteiger charge is -2.05. The SMILES string of the molecule is N.Nc1ccc(S(=O)(=O)Nc2ncccn2)cc1. The molecule has 0 saturated heterocycles. The minimum absolute atomic E-state index is 0. The highest BCUT2D eigenvalue weighted by Crippen LogP contribution is 2.14. The molecule has 7 nitrogen and oxygen atoms in total. The van der Waals surface area contributed by atoms with Gasteiger partial charge < -0.3 is 11.9 Å². The van der Waals surface area contributed by atoms with Gasteiger partial charge in [-0.15, -0.1) is 0 Å². The number of nitrogen functional groups attached to an aromatic ring is 1. The van der Waals surface area contributed by atoms with E-state index < -0.39 is 10.0 Å². The van der Waals surface area contributed by atoms with Gasteiger partial charge in [-0.1, -0.05) is 0 Å². The van der Waals surface area contributed by atoms with E-state index in [1.807, 2.05) is 0 Å². The lowest BCUT2D eigenvalue weighted by Crippen LogP contribution is -2.14. The van der Waals surface area contributed by atoms with Crippen LogP contribution in [0.2, 0.25) is 0 Å². The molecule has 6 N–H and O–H groups in total. The normalized spacial score (nSPS) is 10.4. The van der Waals surface area contributed by atoms with Crippen LogP contribution in [-0.4, -0.2) is 18.4 Å². The Hall–Kier alpha value is -2.19. The van der Waals surface area contributed by atoms with Crippen LogP contribution in [0.5, 0.6) is 0 Å². The third-order valence-electron chi connectivity index (χ3n) is 1.98. The summed E-state index contributed by atoms with van der Waals surface area (Å²) < 4.78 is 26.0. The summed E-state index contributed by atoms with van der Waals surface area (Å²) >= 11 is 0. The van der Waals surface area contributed by atoms with Crippen LogP contribution in [0.25, 0.3) is 0 Å². The van der Waals surface area contributed by atoms with E-state index in [2.05, 4.69) is 14.7 Å². The molecule has 0 amide bonds. The number of rotatable bonds is 3. The average molecular weight is 267 g/mol. The summed E-state index contributed by atoms with van der Waals surface area (Å²) in [6.45, 7) is 0. The number of benzene rings is 1. The van der Waals surface area contributed by atoms with E-state index in [0.717, 1.165) is 0 Å². The van der Waals surface area contributed by atoms with Crippen LogP contribution < -0.4 is 16.6 Å². The predicted molar refractivity (Wildman–Crippen MR) is 68.7 cm³/mol. The molecule has 8 heteroatoms. The molecule has 0 aliphatic rings. The van der Waals surface area contributed by atoms with Crippen LogP contribution in [-0.2, 0) is 10.0 Å². The van der Waals surface area contributed by atoms with Crippen molar-refractivity contribution in [1.82, 2.24) is 16.1 Å². The molecule has 0 aliphatic carbocycles. The van der Waals surface area contributed by atoms with E-state index in [4.69, 9.17) is 5.73 Å². The smallest absolute Gasteiger partial charge is 0.264 e. The Labute approximate surface area is 105 Å². The first-order chi connectivity index (χ1) is 8.08. The average Bonchev–Trinajstić information content (AvgIpc) is 2.30. The molecule has 96 valence electrons. The van der Waals surface area contributed by atoms with Crippen molar-refractivity contribution in [2.45, 2.75) is 4.90 Å². The second kappa shape index (κ2) is 5.43. The third kappa shape index (κ3) is 3.15. The van der Waals surface area contributed by atoms with Crippen LogP contribution in [0.1, 0.15) is 0 Å². The number of aromatic nitrogens is 2. The van der Waals surface area contributed by atoms with Crippen molar-refractivity contribution in [3.63, 3.8) is 0 Å². The molecule has 0 spiro atoms. The van der Waals surface area contributed by atoms with Gasteiger partial charge in [0.05, 0.1) is 4.90 Å². The molecule has 1 heterocycles. The summed E-state index contributed by atoms with van der Waals surface area (Å²) in [5.41, 5.74) is 5.98. The Kier molecular flexibility index (Phi) is 4.18. The summed E-state index contributed by atoms with van der Waals surface area (Å²) in [7, 11) is -3.66. The maximum atomic E-state index is 11.9. The number of nitrogens with zero attached hydrogens (tertiary/aromatic N) is 2. The molecule has 0 aliphatic heterocycles. The second-order valence-corrected chi connectivity index (χ2v) is 4.93. The molecule has 0 bridgehead atoms. The molecule has 0 unspecified atom stereocenters. The maximum absolute atomic E-state index is 11.9. The van der Waals surface area contributed by atoms with Crippen molar-refractivity contribution in [1.29, 1.82) is 0 Å². The minimum atomic E-state index is -3.66. The van der Waals surface area contributed by atoms with Gasteiger partial charge in [0.15, 0.2) is 0 Å². The van der Waals surface area contributed by atoms with Gasteiger partial charge >= 0.3 is 0 Å². The first kappa shape index (κ1) is 13.9.